The minimum Gasteiger partial charge on any atom is -0.330 e. The zero-order chi connectivity index (χ0) is 15.6. The minimum absolute atomic E-state index is 0.0290. The molecule has 0 aliphatic heterocycles. The second kappa shape index (κ2) is 6.62. The molecule has 0 heterocycles. The number of nitrogens with zero attached hydrogens (tertiary/aromatic N) is 1. The summed E-state index contributed by atoms with van der Waals surface area (Å²) in [5.41, 5.74) is 5.37. The molecular formula is C13H20Cl2N2O2S. The molecule has 0 atom stereocenters. The molecule has 0 aromatic heterocycles. The van der Waals surface area contributed by atoms with Gasteiger partial charge in [-0.05, 0) is 24.1 Å². The maximum Gasteiger partial charge on any atom is 0.244 e. The van der Waals surface area contributed by atoms with Crippen LogP contribution < -0.4 is 5.73 Å². The number of rotatable bonds is 6. The number of sulfonamides is 1. The smallest absolute Gasteiger partial charge is 0.244 e. The van der Waals surface area contributed by atoms with Crippen LogP contribution in [0.15, 0.2) is 23.1 Å². The third-order valence-electron chi connectivity index (χ3n) is 3.04. The van der Waals surface area contributed by atoms with E-state index in [4.69, 9.17) is 28.9 Å². The van der Waals surface area contributed by atoms with Crippen molar-refractivity contribution in [2.24, 2.45) is 11.1 Å². The normalized spacial score (nSPS) is 12.9. The van der Waals surface area contributed by atoms with E-state index in [1.807, 2.05) is 13.8 Å². The van der Waals surface area contributed by atoms with Gasteiger partial charge in [-0.3, -0.25) is 0 Å². The van der Waals surface area contributed by atoms with Crippen LogP contribution in [0.3, 0.4) is 0 Å². The Morgan fingerprint density at radius 2 is 1.90 bits per heavy atom. The van der Waals surface area contributed by atoms with Crippen LogP contribution in [0.5, 0.6) is 0 Å². The van der Waals surface area contributed by atoms with E-state index in [1.165, 1.54) is 10.4 Å². The van der Waals surface area contributed by atoms with Gasteiger partial charge < -0.3 is 5.73 Å². The van der Waals surface area contributed by atoms with Gasteiger partial charge in [0.1, 0.15) is 4.90 Å². The Morgan fingerprint density at radius 1 is 1.30 bits per heavy atom. The largest absolute Gasteiger partial charge is 0.330 e. The first-order valence-electron chi connectivity index (χ1n) is 6.30. The average molecular weight is 339 g/mol. The van der Waals surface area contributed by atoms with Crippen LogP contribution in [-0.4, -0.2) is 32.4 Å². The second-order valence-electron chi connectivity index (χ2n) is 5.35. The highest BCUT2D eigenvalue weighted by molar-refractivity contribution is 7.89. The predicted molar refractivity (Wildman–Crippen MR) is 83.7 cm³/mol. The lowest BCUT2D eigenvalue weighted by molar-refractivity contribution is 0.273. The first kappa shape index (κ1) is 17.7. The summed E-state index contributed by atoms with van der Waals surface area (Å²) in [7, 11) is -3.69. The molecule has 0 saturated heterocycles. The van der Waals surface area contributed by atoms with Crippen LogP contribution in [0.25, 0.3) is 0 Å². The van der Waals surface area contributed by atoms with Gasteiger partial charge in [0.25, 0.3) is 0 Å². The Balaban J connectivity index is 3.23. The summed E-state index contributed by atoms with van der Waals surface area (Å²) in [4.78, 5) is 0.0290. The molecule has 0 amide bonds. The second-order valence-corrected chi connectivity index (χ2v) is 8.04. The molecular weight excluding hydrogens is 319 g/mol. The van der Waals surface area contributed by atoms with E-state index in [1.54, 1.807) is 19.1 Å². The van der Waals surface area contributed by atoms with Gasteiger partial charge >= 0.3 is 0 Å². The molecule has 0 aliphatic carbocycles. The Bertz CT molecular complexity index is 574. The standard InChI is InChI=1S/C13H20Cl2N2O2S/c1-4-17(9-13(2,3)8-16)20(18,19)11-7-5-6-10(14)12(11)15/h5-7H,4,8-9,16H2,1-3H3. The summed E-state index contributed by atoms with van der Waals surface area (Å²) in [6.07, 6.45) is 0. The summed E-state index contributed by atoms with van der Waals surface area (Å²) >= 11 is 11.9. The summed E-state index contributed by atoms with van der Waals surface area (Å²) in [6.45, 7) is 6.68. The lowest BCUT2D eigenvalue weighted by Crippen LogP contribution is -2.42. The predicted octanol–water partition coefficient (Wildman–Crippen LogP) is 2.99. The third-order valence-corrected chi connectivity index (χ3v) is 5.94. The topological polar surface area (TPSA) is 63.4 Å². The molecule has 0 bridgehead atoms. The highest BCUT2D eigenvalue weighted by Gasteiger charge is 2.30. The van der Waals surface area contributed by atoms with E-state index in [2.05, 4.69) is 0 Å². The molecule has 20 heavy (non-hydrogen) atoms. The van der Waals surface area contributed by atoms with Gasteiger partial charge in [-0.15, -0.1) is 0 Å². The number of nitrogens with two attached hydrogens (primary N) is 1. The van der Waals surface area contributed by atoms with Gasteiger partial charge in [0.15, 0.2) is 0 Å². The van der Waals surface area contributed by atoms with Gasteiger partial charge in [-0.1, -0.05) is 50.0 Å². The third kappa shape index (κ3) is 3.86. The van der Waals surface area contributed by atoms with E-state index >= 15 is 0 Å². The maximum atomic E-state index is 12.7. The van der Waals surface area contributed by atoms with Crippen LogP contribution in [0.2, 0.25) is 10.0 Å². The lowest BCUT2D eigenvalue weighted by Gasteiger charge is -2.30. The van der Waals surface area contributed by atoms with Crippen molar-refractivity contribution in [1.82, 2.24) is 4.31 Å². The zero-order valence-electron chi connectivity index (χ0n) is 11.9. The van der Waals surface area contributed by atoms with E-state index in [0.29, 0.717) is 19.6 Å². The van der Waals surface area contributed by atoms with E-state index in [9.17, 15) is 8.42 Å². The first-order valence-corrected chi connectivity index (χ1v) is 8.49. The fraction of sp³-hybridized carbons (Fsp3) is 0.538. The zero-order valence-corrected chi connectivity index (χ0v) is 14.2. The van der Waals surface area contributed by atoms with Crippen molar-refractivity contribution in [3.05, 3.63) is 28.2 Å². The number of halogens is 2. The Labute approximate surface area is 130 Å². The average Bonchev–Trinajstić information content (AvgIpc) is 2.38. The molecule has 0 radical (unpaired) electrons. The molecule has 1 aromatic carbocycles. The van der Waals surface area contributed by atoms with Gasteiger partial charge in [0.05, 0.1) is 10.0 Å². The van der Waals surface area contributed by atoms with E-state index in [0.717, 1.165) is 0 Å². The van der Waals surface area contributed by atoms with Crippen LogP contribution in [0, 0.1) is 5.41 Å². The monoisotopic (exact) mass is 338 g/mol. The first-order chi connectivity index (χ1) is 9.15. The highest BCUT2D eigenvalue weighted by atomic mass is 35.5. The SMILES string of the molecule is CCN(CC(C)(C)CN)S(=O)(=O)c1cccc(Cl)c1Cl. The summed E-state index contributed by atoms with van der Waals surface area (Å²) in [5, 5.41) is 0.278. The Hall–Kier alpha value is -0.330. The van der Waals surface area contributed by atoms with Crippen molar-refractivity contribution < 1.29 is 8.42 Å². The summed E-state index contributed by atoms with van der Waals surface area (Å²) < 4.78 is 26.7. The molecule has 0 spiro atoms. The van der Waals surface area contributed by atoms with Crippen molar-refractivity contribution in [2.45, 2.75) is 25.7 Å². The van der Waals surface area contributed by atoms with Crippen LogP contribution in [0.1, 0.15) is 20.8 Å². The molecule has 114 valence electrons. The number of hydrogen-bond acceptors (Lipinski definition) is 3. The van der Waals surface area contributed by atoms with Gasteiger partial charge in [0.2, 0.25) is 10.0 Å². The molecule has 1 aromatic rings. The van der Waals surface area contributed by atoms with Crippen molar-refractivity contribution in [2.75, 3.05) is 19.6 Å². The van der Waals surface area contributed by atoms with Crippen molar-refractivity contribution in [1.29, 1.82) is 0 Å². The molecule has 0 fully saturated rings. The summed E-state index contributed by atoms with van der Waals surface area (Å²) in [6, 6.07) is 4.59. The number of benzene rings is 1. The fourth-order valence-electron chi connectivity index (χ4n) is 1.73. The minimum atomic E-state index is -3.69. The van der Waals surface area contributed by atoms with Crippen LogP contribution in [0.4, 0.5) is 0 Å². The summed E-state index contributed by atoms with van der Waals surface area (Å²) in [5.74, 6) is 0. The fourth-order valence-corrected chi connectivity index (χ4v) is 4.10. The maximum absolute atomic E-state index is 12.7. The van der Waals surface area contributed by atoms with Crippen molar-refractivity contribution in [3.63, 3.8) is 0 Å². The van der Waals surface area contributed by atoms with E-state index in [-0.39, 0.29) is 20.4 Å². The van der Waals surface area contributed by atoms with Gasteiger partial charge in [0, 0.05) is 13.1 Å². The molecule has 2 N–H and O–H groups in total. The number of hydrogen-bond donors (Lipinski definition) is 1. The van der Waals surface area contributed by atoms with Crippen LogP contribution in [-0.2, 0) is 10.0 Å². The van der Waals surface area contributed by atoms with Crippen molar-refractivity contribution >= 4 is 33.2 Å². The van der Waals surface area contributed by atoms with E-state index < -0.39 is 10.0 Å². The van der Waals surface area contributed by atoms with Crippen molar-refractivity contribution in [3.8, 4) is 0 Å². The molecule has 0 aliphatic rings. The molecule has 4 nitrogen and oxygen atoms in total. The quantitative estimate of drug-likeness (QED) is 0.867. The molecule has 7 heteroatoms. The Morgan fingerprint density at radius 3 is 2.40 bits per heavy atom. The Kier molecular flexibility index (Phi) is 5.87. The molecule has 0 unspecified atom stereocenters. The van der Waals surface area contributed by atoms with Gasteiger partial charge in [-0.2, -0.15) is 4.31 Å². The van der Waals surface area contributed by atoms with Gasteiger partial charge in [-0.25, -0.2) is 8.42 Å². The molecule has 0 saturated carbocycles. The lowest BCUT2D eigenvalue weighted by atomic mass is 9.94. The molecule has 1 rings (SSSR count). The highest BCUT2D eigenvalue weighted by Crippen LogP contribution is 2.31. The van der Waals surface area contributed by atoms with Crippen LogP contribution >= 0.6 is 23.2 Å².